The Labute approximate surface area is 264 Å². The third-order valence-electron chi connectivity index (χ3n) is 11.5. The van der Waals surface area contributed by atoms with E-state index in [2.05, 4.69) is 109 Å². The molecule has 2 fully saturated rings. The first kappa shape index (κ1) is 27.9. The summed E-state index contributed by atoms with van der Waals surface area (Å²) in [6.45, 7) is 0. The summed E-state index contributed by atoms with van der Waals surface area (Å²) < 4.78 is 0. The zero-order chi connectivity index (χ0) is 29.3. The van der Waals surface area contributed by atoms with Crippen molar-refractivity contribution in [2.24, 2.45) is 11.8 Å². The average Bonchev–Trinajstić information content (AvgIpc) is 3.67. The van der Waals surface area contributed by atoms with Crippen molar-refractivity contribution in [1.82, 2.24) is 0 Å². The van der Waals surface area contributed by atoms with Crippen LogP contribution in [0.1, 0.15) is 111 Å². The van der Waals surface area contributed by atoms with Gasteiger partial charge in [0.25, 0.3) is 0 Å². The van der Waals surface area contributed by atoms with Crippen LogP contribution < -0.4 is 0 Å². The van der Waals surface area contributed by atoms with Gasteiger partial charge in [0.15, 0.2) is 0 Å². The highest BCUT2D eigenvalue weighted by atomic mass is 14.4. The fraction of sp³-hybridized carbons (Fsp3) is 0.364. The Morgan fingerprint density at radius 1 is 0.409 bits per heavy atom. The lowest BCUT2D eigenvalue weighted by atomic mass is 9.74. The fourth-order valence-corrected chi connectivity index (χ4v) is 9.38. The van der Waals surface area contributed by atoms with Crippen LogP contribution >= 0.6 is 0 Å². The molecule has 4 aromatic rings. The van der Waals surface area contributed by atoms with Crippen LogP contribution in [0, 0.1) is 11.8 Å². The molecule has 0 spiro atoms. The van der Waals surface area contributed by atoms with Gasteiger partial charge in [0.05, 0.1) is 0 Å². The summed E-state index contributed by atoms with van der Waals surface area (Å²) in [5.74, 6) is 2.59. The van der Waals surface area contributed by atoms with Gasteiger partial charge in [0.1, 0.15) is 0 Å². The number of fused-ring (bicyclic) bond motifs is 2. The minimum Gasteiger partial charge on any atom is -0.0622 e. The van der Waals surface area contributed by atoms with E-state index in [4.69, 9.17) is 0 Å². The quantitative estimate of drug-likeness (QED) is 0.206. The van der Waals surface area contributed by atoms with Gasteiger partial charge < -0.3 is 0 Å². The van der Waals surface area contributed by atoms with Crippen LogP contribution in [0.15, 0.2) is 108 Å². The molecule has 4 aromatic carbocycles. The molecule has 2 unspecified atom stereocenters. The van der Waals surface area contributed by atoms with E-state index in [-0.39, 0.29) is 0 Å². The predicted octanol–water partition coefficient (Wildman–Crippen LogP) is 12.6. The molecule has 4 aliphatic carbocycles. The summed E-state index contributed by atoms with van der Waals surface area (Å²) >= 11 is 0. The third-order valence-corrected chi connectivity index (χ3v) is 11.5. The maximum Gasteiger partial charge on any atom is 0.00607 e. The van der Waals surface area contributed by atoms with Gasteiger partial charge in [-0.2, -0.15) is 0 Å². The van der Waals surface area contributed by atoms with E-state index >= 15 is 0 Å². The first-order valence-corrected chi connectivity index (χ1v) is 17.6. The van der Waals surface area contributed by atoms with Crippen LogP contribution in [-0.2, 0) is 0 Å². The van der Waals surface area contributed by atoms with E-state index in [0.29, 0.717) is 11.8 Å². The summed E-state index contributed by atoms with van der Waals surface area (Å²) in [5.41, 5.74) is 15.2. The number of benzene rings is 4. The van der Waals surface area contributed by atoms with Gasteiger partial charge in [-0.05, 0) is 94.9 Å². The van der Waals surface area contributed by atoms with Crippen molar-refractivity contribution in [3.63, 3.8) is 0 Å². The summed E-state index contributed by atoms with van der Waals surface area (Å²) in [7, 11) is 0. The van der Waals surface area contributed by atoms with Crippen LogP contribution in [0.2, 0.25) is 0 Å². The van der Waals surface area contributed by atoms with Crippen molar-refractivity contribution in [2.75, 3.05) is 0 Å². The zero-order valence-corrected chi connectivity index (χ0v) is 26.2. The maximum absolute atomic E-state index is 2.66. The minimum absolute atomic E-state index is 0.547. The Bertz CT molecular complexity index is 1530. The van der Waals surface area contributed by atoms with Gasteiger partial charge in [0, 0.05) is 11.8 Å². The van der Waals surface area contributed by atoms with E-state index in [1.54, 1.807) is 22.3 Å². The average molecular weight is 575 g/mol. The molecule has 0 radical (unpaired) electrons. The maximum atomic E-state index is 2.66. The minimum atomic E-state index is 0.547. The van der Waals surface area contributed by atoms with Crippen LogP contribution in [0.3, 0.4) is 0 Å². The number of hydrogen-bond acceptors (Lipinski definition) is 0. The standard InChI is InChI=1S/C44H46/c1-5-15-31(16-6-1)35-23-13-25-37-39(41(29-43(35)37)33-19-9-3-10-20-33)27-28-40-38-26-14-24-36(32-17-7-2-8-18-32)44(38)30-42(40)34-21-11-4-12-22-34/h1-2,5-8,13-18,23-26,29-30,33-34,39-40H,3-4,9-12,19-22,27-28H2. The third kappa shape index (κ3) is 5.21. The molecule has 0 amide bonds. The van der Waals surface area contributed by atoms with Gasteiger partial charge in [-0.25, -0.2) is 0 Å². The lowest BCUT2D eigenvalue weighted by Crippen LogP contribution is -2.16. The normalized spacial score (nSPS) is 21.9. The van der Waals surface area contributed by atoms with E-state index in [1.165, 1.54) is 110 Å². The van der Waals surface area contributed by atoms with Gasteiger partial charge >= 0.3 is 0 Å². The van der Waals surface area contributed by atoms with Crippen LogP contribution in [0.4, 0.5) is 0 Å². The molecule has 0 heterocycles. The van der Waals surface area contributed by atoms with Crippen molar-refractivity contribution in [2.45, 2.75) is 88.9 Å². The van der Waals surface area contributed by atoms with Crippen molar-refractivity contribution in [3.05, 3.63) is 130 Å². The summed E-state index contributed by atoms with van der Waals surface area (Å²) in [5, 5.41) is 0. The van der Waals surface area contributed by atoms with Gasteiger partial charge in [0.2, 0.25) is 0 Å². The van der Waals surface area contributed by atoms with E-state index < -0.39 is 0 Å². The molecule has 0 saturated heterocycles. The molecule has 44 heavy (non-hydrogen) atoms. The molecule has 0 N–H and O–H groups in total. The second-order valence-corrected chi connectivity index (χ2v) is 14.0. The smallest absolute Gasteiger partial charge is 0.00607 e. The molecule has 0 heteroatoms. The molecular formula is C44H46. The monoisotopic (exact) mass is 574 g/mol. The highest BCUT2D eigenvalue weighted by molar-refractivity contribution is 5.83. The molecule has 8 rings (SSSR count). The molecule has 0 aliphatic heterocycles. The van der Waals surface area contributed by atoms with Crippen molar-refractivity contribution in [3.8, 4) is 22.3 Å². The van der Waals surface area contributed by atoms with Gasteiger partial charge in [-0.1, -0.05) is 159 Å². The summed E-state index contributed by atoms with van der Waals surface area (Å²) in [4.78, 5) is 0. The molecule has 2 saturated carbocycles. The van der Waals surface area contributed by atoms with E-state index in [9.17, 15) is 0 Å². The fourth-order valence-electron chi connectivity index (χ4n) is 9.38. The topological polar surface area (TPSA) is 0 Å². The van der Waals surface area contributed by atoms with Crippen LogP contribution in [-0.4, -0.2) is 0 Å². The largest absolute Gasteiger partial charge is 0.0622 e. The number of hydrogen-bond donors (Lipinski definition) is 0. The van der Waals surface area contributed by atoms with E-state index in [0.717, 1.165) is 11.8 Å². The Morgan fingerprint density at radius 3 is 1.23 bits per heavy atom. The molecule has 0 bridgehead atoms. The highest BCUT2D eigenvalue weighted by Gasteiger charge is 2.36. The summed E-state index contributed by atoms with van der Waals surface area (Å²) in [6, 6.07) is 36.5. The highest BCUT2D eigenvalue weighted by Crippen LogP contribution is 2.53. The van der Waals surface area contributed by atoms with Crippen molar-refractivity contribution < 1.29 is 0 Å². The molecule has 222 valence electrons. The Morgan fingerprint density at radius 2 is 0.818 bits per heavy atom. The van der Waals surface area contributed by atoms with Gasteiger partial charge in [-0.15, -0.1) is 0 Å². The van der Waals surface area contributed by atoms with Crippen molar-refractivity contribution >= 4 is 12.2 Å². The Hall–Kier alpha value is -3.64. The van der Waals surface area contributed by atoms with Crippen LogP contribution in [0.25, 0.3) is 34.4 Å². The Balaban J connectivity index is 1.16. The first-order valence-electron chi connectivity index (χ1n) is 17.6. The molecule has 4 aliphatic rings. The zero-order valence-electron chi connectivity index (χ0n) is 26.2. The first-order chi connectivity index (χ1) is 21.8. The number of allylic oxidation sites excluding steroid dienone is 2. The molecule has 2 atom stereocenters. The predicted molar refractivity (Wildman–Crippen MR) is 188 cm³/mol. The van der Waals surface area contributed by atoms with Gasteiger partial charge in [-0.3, -0.25) is 0 Å². The SMILES string of the molecule is C1=C(C2CCCCC2)C(CCC2C(C3CCCCC3)=Cc3c(-c4ccccc4)cccc32)c2cccc(-c3ccccc3)c21. The second-order valence-electron chi connectivity index (χ2n) is 14.0. The molecular weight excluding hydrogens is 528 g/mol. The summed E-state index contributed by atoms with van der Waals surface area (Å²) in [6.07, 6.45) is 21.7. The van der Waals surface area contributed by atoms with Crippen LogP contribution in [0.5, 0.6) is 0 Å². The van der Waals surface area contributed by atoms with Crippen molar-refractivity contribution in [1.29, 1.82) is 0 Å². The molecule has 0 nitrogen and oxygen atoms in total. The molecule has 0 aromatic heterocycles. The lowest BCUT2D eigenvalue weighted by Gasteiger charge is -2.31. The number of rotatable bonds is 7. The lowest BCUT2D eigenvalue weighted by molar-refractivity contribution is 0.376. The van der Waals surface area contributed by atoms with E-state index in [1.807, 2.05) is 0 Å². The second kappa shape index (κ2) is 12.4. The Kier molecular flexibility index (Phi) is 7.85.